The van der Waals surface area contributed by atoms with E-state index in [1.165, 1.54) is 6.07 Å². The molecule has 2 heterocycles. The van der Waals surface area contributed by atoms with Gasteiger partial charge in [0.05, 0.1) is 22.6 Å². The molecule has 7 heteroatoms. The van der Waals surface area contributed by atoms with Crippen LogP contribution in [-0.4, -0.2) is 31.1 Å². The molecule has 0 fully saturated rings. The number of carbonyl (C=O) groups is 1. The van der Waals surface area contributed by atoms with Gasteiger partial charge < -0.3 is 5.11 Å². The van der Waals surface area contributed by atoms with Crippen LogP contribution in [0.25, 0.3) is 11.0 Å². The van der Waals surface area contributed by atoms with Crippen LogP contribution in [0.4, 0.5) is 0 Å². The van der Waals surface area contributed by atoms with E-state index < -0.39 is 5.97 Å². The fraction of sp³-hybridized carbons (Fsp3) is 0.231. The second kappa shape index (κ2) is 5.01. The van der Waals surface area contributed by atoms with E-state index in [0.717, 1.165) is 10.5 Å². The summed E-state index contributed by atoms with van der Waals surface area (Å²) in [7, 11) is 0. The summed E-state index contributed by atoms with van der Waals surface area (Å²) in [5.74, 6) is -0.725. The molecule has 0 aliphatic rings. The summed E-state index contributed by atoms with van der Waals surface area (Å²) >= 11 is 1.61. The number of fused-ring (bicyclic) bond motifs is 1. The Hall–Kier alpha value is -2.28. The quantitative estimate of drug-likeness (QED) is 0.797. The Morgan fingerprint density at radius 2 is 2.35 bits per heavy atom. The number of nitrogens with zero attached hydrogens (tertiary/aromatic N) is 4. The zero-order valence-corrected chi connectivity index (χ0v) is 11.5. The first-order chi connectivity index (χ1) is 9.65. The van der Waals surface area contributed by atoms with Gasteiger partial charge in [0.2, 0.25) is 0 Å². The van der Waals surface area contributed by atoms with Crippen molar-refractivity contribution in [3.05, 3.63) is 40.3 Å². The summed E-state index contributed by atoms with van der Waals surface area (Å²) in [5.41, 5.74) is 1.65. The van der Waals surface area contributed by atoms with Crippen molar-refractivity contribution in [2.45, 2.75) is 19.4 Å². The molecule has 6 nitrogen and oxygen atoms in total. The first-order valence-corrected chi connectivity index (χ1v) is 6.99. The van der Waals surface area contributed by atoms with Crippen LogP contribution in [0.3, 0.4) is 0 Å². The molecule has 0 bridgehead atoms. The molecule has 20 heavy (non-hydrogen) atoms. The van der Waals surface area contributed by atoms with E-state index in [2.05, 4.69) is 22.2 Å². The Morgan fingerprint density at radius 3 is 3.05 bits per heavy atom. The average Bonchev–Trinajstić information content (AvgIpc) is 3.07. The van der Waals surface area contributed by atoms with Gasteiger partial charge >= 0.3 is 5.97 Å². The Bertz CT molecular complexity index is 751. The van der Waals surface area contributed by atoms with Crippen LogP contribution in [0.15, 0.2) is 29.8 Å². The molecule has 1 N–H and O–H groups in total. The first-order valence-electron chi connectivity index (χ1n) is 6.11. The number of carboxylic acid groups (broad SMARTS) is 1. The number of hydrogen-bond donors (Lipinski definition) is 1. The Morgan fingerprint density at radius 1 is 1.50 bits per heavy atom. The molecule has 3 rings (SSSR count). The molecule has 1 atom stereocenters. The molecular weight excluding hydrogens is 276 g/mol. The molecule has 0 saturated carbocycles. The minimum Gasteiger partial charge on any atom is -0.478 e. The third-order valence-corrected chi connectivity index (χ3v) is 4.09. The molecule has 0 aliphatic carbocycles. The van der Waals surface area contributed by atoms with Crippen LogP contribution in [0.5, 0.6) is 0 Å². The zero-order valence-electron chi connectivity index (χ0n) is 10.7. The van der Waals surface area contributed by atoms with Crippen molar-refractivity contribution in [3.63, 3.8) is 0 Å². The molecule has 0 spiro atoms. The highest BCUT2D eigenvalue weighted by atomic mass is 32.1. The van der Waals surface area contributed by atoms with Gasteiger partial charge in [0.15, 0.2) is 0 Å². The number of carboxylic acids is 1. The predicted molar refractivity (Wildman–Crippen MR) is 75.0 cm³/mol. The fourth-order valence-electron chi connectivity index (χ4n) is 2.06. The lowest BCUT2D eigenvalue weighted by molar-refractivity contribution is 0.0697. The largest absolute Gasteiger partial charge is 0.478 e. The SMILES string of the molecule is CC(Cn1nnc2cc(C(=O)O)ccc21)c1nccs1. The van der Waals surface area contributed by atoms with Gasteiger partial charge in [0, 0.05) is 17.5 Å². The molecule has 1 aromatic carbocycles. The fourth-order valence-corrected chi connectivity index (χ4v) is 2.75. The van der Waals surface area contributed by atoms with Gasteiger partial charge in [-0.3, -0.25) is 0 Å². The molecule has 0 amide bonds. The number of benzene rings is 1. The smallest absolute Gasteiger partial charge is 0.335 e. The van der Waals surface area contributed by atoms with Crippen molar-refractivity contribution < 1.29 is 9.90 Å². The van der Waals surface area contributed by atoms with Gasteiger partial charge in [0.1, 0.15) is 5.52 Å². The van der Waals surface area contributed by atoms with Crippen molar-refractivity contribution in [2.75, 3.05) is 0 Å². The van der Waals surface area contributed by atoms with Gasteiger partial charge in [-0.1, -0.05) is 12.1 Å². The van der Waals surface area contributed by atoms with Crippen LogP contribution in [0.2, 0.25) is 0 Å². The number of rotatable bonds is 4. The van der Waals surface area contributed by atoms with Crippen LogP contribution in [0.1, 0.15) is 28.2 Å². The van der Waals surface area contributed by atoms with E-state index >= 15 is 0 Å². The maximum atomic E-state index is 10.9. The normalized spacial score (nSPS) is 12.7. The number of aromatic carboxylic acids is 1. The van der Waals surface area contributed by atoms with Crippen molar-refractivity contribution in [1.29, 1.82) is 0 Å². The summed E-state index contributed by atoms with van der Waals surface area (Å²) in [5, 5.41) is 20.1. The Kier molecular flexibility index (Phi) is 3.19. The van der Waals surface area contributed by atoms with Gasteiger partial charge in [-0.2, -0.15) is 0 Å². The average molecular weight is 288 g/mol. The van der Waals surface area contributed by atoms with Crippen molar-refractivity contribution >= 4 is 28.3 Å². The highest BCUT2D eigenvalue weighted by Gasteiger charge is 2.13. The Labute approximate surface area is 118 Å². The van der Waals surface area contributed by atoms with Crippen molar-refractivity contribution in [2.24, 2.45) is 0 Å². The topological polar surface area (TPSA) is 80.9 Å². The van der Waals surface area contributed by atoms with E-state index in [1.807, 2.05) is 5.38 Å². The minimum absolute atomic E-state index is 0.220. The van der Waals surface area contributed by atoms with Crippen LogP contribution in [-0.2, 0) is 6.54 Å². The highest BCUT2D eigenvalue weighted by Crippen LogP contribution is 2.21. The van der Waals surface area contributed by atoms with E-state index in [9.17, 15) is 4.79 Å². The van der Waals surface area contributed by atoms with Gasteiger partial charge in [-0.05, 0) is 18.2 Å². The van der Waals surface area contributed by atoms with E-state index in [0.29, 0.717) is 12.1 Å². The van der Waals surface area contributed by atoms with Crippen molar-refractivity contribution in [1.82, 2.24) is 20.0 Å². The summed E-state index contributed by atoms with van der Waals surface area (Å²) in [6.45, 7) is 2.74. The van der Waals surface area contributed by atoms with Gasteiger partial charge in [-0.15, -0.1) is 16.4 Å². The molecule has 102 valence electrons. The lowest BCUT2D eigenvalue weighted by Gasteiger charge is -2.08. The molecule has 1 unspecified atom stereocenters. The monoisotopic (exact) mass is 288 g/mol. The molecule has 0 radical (unpaired) electrons. The number of thiazole rings is 1. The van der Waals surface area contributed by atoms with Crippen LogP contribution < -0.4 is 0 Å². The minimum atomic E-state index is -0.961. The lowest BCUT2D eigenvalue weighted by atomic mass is 10.2. The molecule has 3 aromatic rings. The summed E-state index contributed by atoms with van der Waals surface area (Å²) in [4.78, 5) is 15.2. The van der Waals surface area contributed by atoms with Crippen LogP contribution >= 0.6 is 11.3 Å². The predicted octanol–water partition coefficient (Wildman–Crippen LogP) is 2.39. The standard InChI is InChI=1S/C13H12N4O2S/c1-8(12-14-4-5-20-12)7-17-11-3-2-9(13(18)19)6-10(11)15-16-17/h2-6,8H,7H2,1H3,(H,18,19). The lowest BCUT2D eigenvalue weighted by Crippen LogP contribution is -2.07. The summed E-state index contributed by atoms with van der Waals surface area (Å²) < 4.78 is 1.78. The highest BCUT2D eigenvalue weighted by molar-refractivity contribution is 7.09. The maximum absolute atomic E-state index is 10.9. The molecule has 0 saturated heterocycles. The molecule has 0 aliphatic heterocycles. The third-order valence-electron chi connectivity index (χ3n) is 3.08. The Balaban J connectivity index is 1.91. The van der Waals surface area contributed by atoms with Gasteiger partial charge in [-0.25, -0.2) is 14.5 Å². The molecular formula is C13H12N4O2S. The number of aromatic nitrogens is 4. The number of hydrogen-bond acceptors (Lipinski definition) is 5. The second-order valence-corrected chi connectivity index (χ2v) is 5.48. The maximum Gasteiger partial charge on any atom is 0.335 e. The van der Waals surface area contributed by atoms with E-state index in [4.69, 9.17) is 5.11 Å². The molecule has 2 aromatic heterocycles. The summed E-state index contributed by atoms with van der Waals surface area (Å²) in [6, 6.07) is 4.85. The first kappa shape index (κ1) is 12.7. The second-order valence-electron chi connectivity index (χ2n) is 4.55. The van der Waals surface area contributed by atoms with E-state index in [1.54, 1.807) is 34.3 Å². The van der Waals surface area contributed by atoms with Gasteiger partial charge in [0.25, 0.3) is 0 Å². The van der Waals surface area contributed by atoms with Crippen molar-refractivity contribution in [3.8, 4) is 0 Å². The van der Waals surface area contributed by atoms with E-state index in [-0.39, 0.29) is 11.5 Å². The summed E-state index contributed by atoms with van der Waals surface area (Å²) in [6.07, 6.45) is 1.79. The van der Waals surface area contributed by atoms with Crippen LogP contribution in [0, 0.1) is 0 Å². The third kappa shape index (κ3) is 2.27. The zero-order chi connectivity index (χ0) is 14.1.